The third-order valence-electron chi connectivity index (χ3n) is 1.17. The molecule has 0 aromatic carbocycles. The van der Waals surface area contributed by atoms with E-state index >= 15 is 0 Å². The quantitative estimate of drug-likeness (QED) is 0.439. The van der Waals surface area contributed by atoms with Gasteiger partial charge in [-0.3, -0.25) is 0 Å². The van der Waals surface area contributed by atoms with E-state index in [1.807, 2.05) is 0 Å². The number of hydrogen-bond acceptors (Lipinski definition) is 0. The monoisotopic (exact) mass is 170 g/mol. The number of hydrogen-bond donors (Lipinski definition) is 0. The van der Waals surface area contributed by atoms with Gasteiger partial charge in [0.15, 0.2) is 0 Å². The molecule has 0 aliphatic heterocycles. The van der Waals surface area contributed by atoms with Gasteiger partial charge in [-0.25, -0.2) is 17.6 Å². The minimum Gasteiger partial charge on any atom is -0.211 e. The van der Waals surface area contributed by atoms with Gasteiger partial charge in [-0.15, -0.1) is 6.58 Å². The van der Waals surface area contributed by atoms with Gasteiger partial charge >= 0.3 is 0 Å². The van der Waals surface area contributed by atoms with Crippen LogP contribution >= 0.6 is 0 Å². The van der Waals surface area contributed by atoms with Gasteiger partial charge in [0.1, 0.15) is 0 Å². The average Bonchev–Trinajstić information content (AvgIpc) is 1.84. The van der Waals surface area contributed by atoms with Gasteiger partial charge in [-0.05, 0) is 0 Å². The van der Waals surface area contributed by atoms with Crippen molar-refractivity contribution in [3.8, 4) is 0 Å². The minimum absolute atomic E-state index is 0.528. The summed E-state index contributed by atoms with van der Waals surface area (Å²) in [7, 11) is 0. The van der Waals surface area contributed by atoms with Gasteiger partial charge in [0.25, 0.3) is 5.92 Å². The molecule has 0 aromatic heterocycles. The molecule has 0 aliphatic carbocycles. The Balaban J connectivity index is 3.62. The van der Waals surface area contributed by atoms with E-state index in [0.717, 1.165) is 6.08 Å². The van der Waals surface area contributed by atoms with Crippen LogP contribution in [0.3, 0.4) is 0 Å². The normalized spacial score (nSPS) is 12.1. The Morgan fingerprint density at radius 2 is 1.91 bits per heavy atom. The molecule has 0 aliphatic rings. The van der Waals surface area contributed by atoms with Crippen LogP contribution in [-0.2, 0) is 0 Å². The average molecular weight is 170 g/mol. The lowest BCUT2D eigenvalue weighted by atomic mass is 10.1. The molecule has 4 heteroatoms. The fraction of sp³-hybridized carbons (Fsp3) is 0.714. The van der Waals surface area contributed by atoms with Gasteiger partial charge < -0.3 is 0 Å². The Bertz CT molecular complexity index is 120. The summed E-state index contributed by atoms with van der Waals surface area (Å²) >= 11 is 0. The van der Waals surface area contributed by atoms with Crippen molar-refractivity contribution < 1.29 is 17.6 Å². The van der Waals surface area contributed by atoms with Crippen LogP contribution in [0.4, 0.5) is 17.6 Å². The van der Waals surface area contributed by atoms with Crippen molar-refractivity contribution >= 4 is 0 Å². The molecule has 0 spiro atoms. The third kappa shape index (κ3) is 5.88. The number of rotatable bonds is 5. The van der Waals surface area contributed by atoms with E-state index in [2.05, 4.69) is 6.58 Å². The zero-order chi connectivity index (χ0) is 8.91. The molecule has 66 valence electrons. The Morgan fingerprint density at radius 1 is 1.36 bits per heavy atom. The van der Waals surface area contributed by atoms with Crippen molar-refractivity contribution in [1.29, 1.82) is 0 Å². The molecule has 0 fully saturated rings. The highest BCUT2D eigenvalue weighted by molar-refractivity contribution is 4.78. The summed E-state index contributed by atoms with van der Waals surface area (Å²) in [5, 5.41) is 0. The Kier molecular flexibility index (Phi) is 4.15. The maximum atomic E-state index is 12.4. The molecule has 0 saturated carbocycles. The highest BCUT2D eigenvalue weighted by Gasteiger charge is 2.27. The molecule has 0 aromatic rings. The lowest BCUT2D eigenvalue weighted by molar-refractivity contribution is -0.0215. The van der Waals surface area contributed by atoms with Gasteiger partial charge in [-0.1, -0.05) is 6.08 Å². The fourth-order valence-corrected chi connectivity index (χ4v) is 0.634. The van der Waals surface area contributed by atoms with Crippen molar-refractivity contribution in [3.05, 3.63) is 12.7 Å². The Morgan fingerprint density at radius 3 is 2.27 bits per heavy atom. The van der Waals surface area contributed by atoms with Crippen LogP contribution in [0.25, 0.3) is 0 Å². The van der Waals surface area contributed by atoms with Crippen LogP contribution in [0.1, 0.15) is 19.3 Å². The smallest absolute Gasteiger partial charge is 0.211 e. The van der Waals surface area contributed by atoms with Crippen molar-refractivity contribution in [2.24, 2.45) is 0 Å². The second-order valence-corrected chi connectivity index (χ2v) is 2.28. The molecule has 0 nitrogen and oxygen atoms in total. The van der Waals surface area contributed by atoms with Crippen molar-refractivity contribution in [2.75, 3.05) is 0 Å². The predicted molar refractivity (Wildman–Crippen MR) is 35.0 cm³/mol. The molecule has 0 bridgehead atoms. The predicted octanol–water partition coefficient (Wildman–Crippen LogP) is 3.24. The van der Waals surface area contributed by atoms with Crippen LogP contribution in [0, 0.1) is 0 Å². The van der Waals surface area contributed by atoms with Crippen LogP contribution in [0.2, 0.25) is 0 Å². The van der Waals surface area contributed by atoms with Crippen LogP contribution in [0.5, 0.6) is 0 Å². The largest absolute Gasteiger partial charge is 0.251 e. The molecule has 0 N–H and O–H groups in total. The van der Waals surface area contributed by atoms with Crippen molar-refractivity contribution in [3.63, 3.8) is 0 Å². The maximum Gasteiger partial charge on any atom is 0.251 e. The first-order valence-electron chi connectivity index (χ1n) is 3.25. The first kappa shape index (κ1) is 10.5. The summed E-state index contributed by atoms with van der Waals surface area (Å²) in [6.45, 7) is 3.11. The molecular weight excluding hydrogens is 160 g/mol. The van der Waals surface area contributed by atoms with Crippen molar-refractivity contribution in [1.82, 2.24) is 0 Å². The summed E-state index contributed by atoms with van der Waals surface area (Å²) < 4.78 is 47.7. The molecule has 0 rings (SSSR count). The standard InChI is InChI=1S/C7H10F4/c1-2-4-7(10,11)5-3-6(8)9/h2,6H,1,3-5H2. The van der Waals surface area contributed by atoms with Gasteiger partial charge in [0, 0.05) is 19.3 Å². The van der Waals surface area contributed by atoms with Gasteiger partial charge in [0.05, 0.1) is 0 Å². The first-order valence-corrected chi connectivity index (χ1v) is 3.25. The van der Waals surface area contributed by atoms with Crippen LogP contribution < -0.4 is 0 Å². The van der Waals surface area contributed by atoms with E-state index < -0.39 is 31.6 Å². The molecule has 0 saturated heterocycles. The first-order chi connectivity index (χ1) is 4.98. The molecule has 0 radical (unpaired) electrons. The lowest BCUT2D eigenvalue weighted by Gasteiger charge is -2.12. The zero-order valence-electron chi connectivity index (χ0n) is 5.99. The lowest BCUT2D eigenvalue weighted by Crippen LogP contribution is -2.15. The minimum atomic E-state index is -3.02. The third-order valence-corrected chi connectivity index (χ3v) is 1.17. The molecule has 0 heterocycles. The molecule has 0 atom stereocenters. The van der Waals surface area contributed by atoms with E-state index in [-0.39, 0.29) is 0 Å². The maximum absolute atomic E-state index is 12.4. The molecule has 0 amide bonds. The Hall–Kier alpha value is -0.540. The molecule has 11 heavy (non-hydrogen) atoms. The summed E-state index contributed by atoms with van der Waals surface area (Å²) in [5.74, 6) is -3.02. The highest BCUT2D eigenvalue weighted by atomic mass is 19.3. The van der Waals surface area contributed by atoms with Crippen LogP contribution in [0.15, 0.2) is 12.7 Å². The van der Waals surface area contributed by atoms with E-state index in [0.29, 0.717) is 0 Å². The number of halogens is 4. The van der Waals surface area contributed by atoms with E-state index in [4.69, 9.17) is 0 Å². The topological polar surface area (TPSA) is 0 Å². The fourth-order valence-electron chi connectivity index (χ4n) is 0.634. The summed E-state index contributed by atoms with van der Waals surface area (Å²) in [6, 6.07) is 0. The SMILES string of the molecule is C=CCC(F)(F)CCC(F)F. The zero-order valence-corrected chi connectivity index (χ0v) is 5.99. The number of alkyl halides is 4. The van der Waals surface area contributed by atoms with E-state index in [9.17, 15) is 17.6 Å². The van der Waals surface area contributed by atoms with Gasteiger partial charge in [-0.2, -0.15) is 0 Å². The summed E-state index contributed by atoms with van der Waals surface area (Å²) in [4.78, 5) is 0. The van der Waals surface area contributed by atoms with Crippen LogP contribution in [-0.4, -0.2) is 12.3 Å². The number of allylic oxidation sites excluding steroid dienone is 1. The molecular formula is C7H10F4. The van der Waals surface area contributed by atoms with E-state index in [1.54, 1.807) is 0 Å². The summed E-state index contributed by atoms with van der Waals surface area (Å²) in [6.07, 6.45) is -3.66. The van der Waals surface area contributed by atoms with Crippen molar-refractivity contribution in [2.45, 2.75) is 31.6 Å². The summed E-state index contributed by atoms with van der Waals surface area (Å²) in [5.41, 5.74) is 0. The van der Waals surface area contributed by atoms with Gasteiger partial charge in [0.2, 0.25) is 6.43 Å². The highest BCUT2D eigenvalue weighted by Crippen LogP contribution is 2.26. The Labute approximate surface area is 62.9 Å². The van der Waals surface area contributed by atoms with E-state index in [1.165, 1.54) is 0 Å². The second kappa shape index (κ2) is 4.36. The second-order valence-electron chi connectivity index (χ2n) is 2.28. The molecule has 0 unspecified atom stereocenters.